The summed E-state index contributed by atoms with van der Waals surface area (Å²) < 4.78 is 48.5. The Morgan fingerprint density at radius 1 is 0.929 bits per heavy atom. The van der Waals surface area contributed by atoms with Gasteiger partial charge in [-0.05, 0) is 65.8 Å². The van der Waals surface area contributed by atoms with Crippen molar-refractivity contribution in [2.45, 2.75) is 58.9 Å². The minimum absolute atomic E-state index is 0.0942. The lowest BCUT2D eigenvalue weighted by Crippen LogP contribution is -2.49. The van der Waals surface area contributed by atoms with Crippen molar-refractivity contribution in [3.8, 4) is 0 Å². The Hall–Kier alpha value is -2.78. The molecule has 1 rings (SSSR count). The molecule has 1 aromatic carbocycles. The van der Waals surface area contributed by atoms with Crippen LogP contribution in [0.2, 0.25) is 0 Å². The van der Waals surface area contributed by atoms with Crippen LogP contribution >= 0.6 is 0 Å². The first-order valence-corrected chi connectivity index (χ1v) is 8.28. The molecule has 0 spiro atoms. The highest BCUT2D eigenvalue weighted by Gasteiger charge is 2.32. The molecular weight excluding hydrogens is 379 g/mol. The normalized spacial score (nSPS) is 12.2. The van der Waals surface area contributed by atoms with Gasteiger partial charge < -0.3 is 9.47 Å². The van der Waals surface area contributed by atoms with Gasteiger partial charge in [0.1, 0.15) is 11.2 Å². The highest BCUT2D eigenvalue weighted by atomic mass is 19.4. The van der Waals surface area contributed by atoms with E-state index in [1.54, 1.807) is 41.5 Å². The largest absolute Gasteiger partial charge is 0.444 e. The highest BCUT2D eigenvalue weighted by Crippen LogP contribution is 2.31. The maximum Gasteiger partial charge on any atom is 0.421 e. The van der Waals surface area contributed by atoms with E-state index < -0.39 is 41.1 Å². The van der Waals surface area contributed by atoms with Crippen LogP contribution in [0.5, 0.6) is 0 Å². The van der Waals surface area contributed by atoms with Crippen molar-refractivity contribution in [1.82, 2.24) is 5.32 Å². The van der Waals surface area contributed by atoms with Crippen molar-refractivity contribution in [3.63, 3.8) is 0 Å². The predicted octanol–water partition coefficient (Wildman–Crippen LogP) is 4.91. The summed E-state index contributed by atoms with van der Waals surface area (Å²) in [6, 6.07) is 3.51. The molecule has 0 atom stereocenters. The lowest BCUT2D eigenvalue weighted by Gasteiger charge is -2.28. The molecule has 156 valence electrons. The molecule has 0 aliphatic carbocycles. The zero-order valence-electron chi connectivity index (χ0n) is 16.5. The molecule has 7 nitrogen and oxygen atoms in total. The Labute approximate surface area is 161 Å². The first-order valence-electron chi connectivity index (χ1n) is 8.28. The number of hydrogen-bond donors (Lipinski definition) is 2. The van der Waals surface area contributed by atoms with Gasteiger partial charge in [0.05, 0.1) is 11.3 Å². The molecule has 0 fully saturated rings. The lowest BCUT2D eigenvalue weighted by molar-refractivity contribution is -0.137. The van der Waals surface area contributed by atoms with E-state index in [1.807, 2.05) is 0 Å². The molecule has 2 N–H and O–H groups in total. The Balaban J connectivity index is 3.17. The number of carbonyl (C=O) groups is 2. The van der Waals surface area contributed by atoms with Crippen LogP contribution in [0.25, 0.3) is 0 Å². The smallest absolute Gasteiger partial charge is 0.421 e. The topological polar surface area (TPSA) is 91.7 Å². The maximum absolute atomic E-state index is 12.8. The monoisotopic (exact) mass is 403 g/mol. The van der Waals surface area contributed by atoms with Crippen LogP contribution in [0.15, 0.2) is 24.3 Å². The number of alkyl halides is 3. The number of alkyl carbamates (subject to hydrolysis) is 1. The molecule has 1 aromatic rings. The number of nitrogens with zero attached hydrogens (tertiary/aromatic N) is 1. The third-order valence-corrected chi connectivity index (χ3v) is 2.87. The van der Waals surface area contributed by atoms with E-state index in [4.69, 9.17) is 14.9 Å². The van der Waals surface area contributed by atoms with Gasteiger partial charge in [-0.2, -0.15) is 13.2 Å². The zero-order valence-corrected chi connectivity index (χ0v) is 16.5. The van der Waals surface area contributed by atoms with Gasteiger partial charge in [0, 0.05) is 0 Å². The number of nitrogens with one attached hydrogen (secondary N) is 2. The Morgan fingerprint density at radius 2 is 1.39 bits per heavy atom. The standard InChI is InChI=1S/C18H24F3N3O4/c1-16(2,3)27-14(25)23-13(22)24(15(26)28-17(4,5)6)12-9-7-11(8-10-12)18(19,20)21/h7-10H,1-6H3,(H2,22,23,25). The average Bonchev–Trinajstić information content (AvgIpc) is 2.42. The van der Waals surface area contributed by atoms with Crippen molar-refractivity contribution in [2.75, 3.05) is 4.90 Å². The fourth-order valence-corrected chi connectivity index (χ4v) is 1.89. The molecule has 0 saturated heterocycles. The number of hydrogen-bond acceptors (Lipinski definition) is 5. The SMILES string of the molecule is CC(C)(C)OC(=O)NC(=N)N(C(=O)OC(C)(C)C)c1ccc(C(F)(F)F)cc1. The first-order chi connectivity index (χ1) is 12.5. The number of anilines is 1. The molecule has 10 heteroatoms. The average molecular weight is 403 g/mol. The first kappa shape index (κ1) is 23.3. The number of rotatable bonds is 1. The summed E-state index contributed by atoms with van der Waals surface area (Å²) in [7, 11) is 0. The van der Waals surface area contributed by atoms with Crippen LogP contribution in [0, 0.1) is 5.41 Å². The van der Waals surface area contributed by atoms with E-state index in [0.29, 0.717) is 4.90 Å². The van der Waals surface area contributed by atoms with Gasteiger partial charge in [0.2, 0.25) is 5.96 Å². The summed E-state index contributed by atoms with van der Waals surface area (Å²) in [6.07, 6.45) is -6.61. The summed E-state index contributed by atoms with van der Waals surface area (Å²) in [5.74, 6) is -0.733. The lowest BCUT2D eigenvalue weighted by atomic mass is 10.2. The van der Waals surface area contributed by atoms with Crippen molar-refractivity contribution in [1.29, 1.82) is 5.41 Å². The van der Waals surface area contributed by atoms with Gasteiger partial charge >= 0.3 is 18.4 Å². The van der Waals surface area contributed by atoms with Crippen LogP contribution in [-0.2, 0) is 15.7 Å². The zero-order chi connectivity index (χ0) is 21.9. The molecule has 2 amide bonds. The molecule has 0 unspecified atom stereocenters. The highest BCUT2D eigenvalue weighted by molar-refractivity contribution is 6.15. The van der Waals surface area contributed by atoms with Crippen molar-refractivity contribution < 1.29 is 32.2 Å². The van der Waals surface area contributed by atoms with Crippen LogP contribution in [-0.4, -0.2) is 29.3 Å². The van der Waals surface area contributed by atoms with Gasteiger partial charge in [-0.15, -0.1) is 0 Å². The van der Waals surface area contributed by atoms with Crippen LogP contribution in [0.1, 0.15) is 47.1 Å². The molecule has 0 aromatic heterocycles. The molecule has 28 heavy (non-hydrogen) atoms. The molecule has 0 aliphatic rings. The number of ether oxygens (including phenoxy) is 2. The van der Waals surface area contributed by atoms with Crippen LogP contribution in [0.4, 0.5) is 28.4 Å². The molecule has 0 bridgehead atoms. The number of amides is 2. The van der Waals surface area contributed by atoms with E-state index in [2.05, 4.69) is 5.32 Å². The van der Waals surface area contributed by atoms with Gasteiger partial charge in [-0.1, -0.05) is 0 Å². The van der Waals surface area contributed by atoms with Crippen molar-refractivity contribution in [2.24, 2.45) is 0 Å². The summed E-state index contributed by atoms with van der Waals surface area (Å²) >= 11 is 0. The van der Waals surface area contributed by atoms with Crippen LogP contribution in [0.3, 0.4) is 0 Å². The fourth-order valence-electron chi connectivity index (χ4n) is 1.89. The Kier molecular flexibility index (Phi) is 6.71. The van der Waals surface area contributed by atoms with Gasteiger partial charge in [-0.25, -0.2) is 14.5 Å². The van der Waals surface area contributed by atoms with Gasteiger partial charge in [0.25, 0.3) is 0 Å². The summed E-state index contributed by atoms with van der Waals surface area (Å²) in [6.45, 7) is 9.58. The third-order valence-electron chi connectivity index (χ3n) is 2.87. The maximum atomic E-state index is 12.8. The van der Waals surface area contributed by atoms with E-state index in [-0.39, 0.29) is 5.69 Å². The van der Waals surface area contributed by atoms with Gasteiger partial charge in [0.15, 0.2) is 0 Å². The van der Waals surface area contributed by atoms with Crippen molar-refractivity contribution >= 4 is 23.8 Å². The second-order valence-corrected chi connectivity index (χ2v) is 7.84. The molecule has 0 aliphatic heterocycles. The van der Waals surface area contributed by atoms with Crippen LogP contribution < -0.4 is 10.2 Å². The molecule has 0 radical (unpaired) electrons. The van der Waals surface area contributed by atoms with Gasteiger partial charge in [-0.3, -0.25) is 10.7 Å². The number of benzene rings is 1. The Morgan fingerprint density at radius 3 is 1.79 bits per heavy atom. The summed E-state index contributed by atoms with van der Waals surface area (Å²) in [5.41, 5.74) is -2.81. The number of carbonyl (C=O) groups excluding carboxylic acids is 2. The second-order valence-electron chi connectivity index (χ2n) is 7.84. The fraction of sp³-hybridized carbons (Fsp3) is 0.500. The molecule has 0 heterocycles. The van der Waals surface area contributed by atoms with E-state index in [9.17, 15) is 22.8 Å². The number of guanidine groups is 1. The van der Waals surface area contributed by atoms with Crippen molar-refractivity contribution in [3.05, 3.63) is 29.8 Å². The van der Waals surface area contributed by atoms with E-state index in [0.717, 1.165) is 24.3 Å². The Bertz CT molecular complexity index is 732. The third kappa shape index (κ3) is 7.45. The quantitative estimate of drug-likeness (QED) is 0.515. The minimum atomic E-state index is -4.56. The number of halogens is 3. The van der Waals surface area contributed by atoms with E-state index >= 15 is 0 Å². The summed E-state index contributed by atoms with van der Waals surface area (Å²) in [4.78, 5) is 25.0. The molecular formula is C18H24F3N3O4. The second kappa shape index (κ2) is 8.07. The summed E-state index contributed by atoms with van der Waals surface area (Å²) in [5, 5.41) is 10.1. The predicted molar refractivity (Wildman–Crippen MR) is 97.3 cm³/mol. The minimum Gasteiger partial charge on any atom is -0.444 e. The molecule has 0 saturated carbocycles. The van der Waals surface area contributed by atoms with E-state index in [1.165, 1.54) is 0 Å².